The predicted octanol–water partition coefficient (Wildman–Crippen LogP) is 2.31. The number of nitrogens with zero attached hydrogens (tertiary/aromatic N) is 2. The van der Waals surface area contributed by atoms with Gasteiger partial charge in [-0.25, -0.2) is 4.98 Å². The molecular weight excluding hydrogens is 290 g/mol. The number of aromatic nitrogens is 2. The standard InChI is InChI=1S/C18H23N3O2/c22-18(7-4-12-23-14-15-5-2-1-3-6-15)20-16-8-9-17-19-10-11-21(17)13-16/h1-3,5-6,10-11,16H,4,7-9,12-14H2,(H,20,22)/t16-/m0/s1. The molecule has 1 N–H and O–H groups in total. The monoisotopic (exact) mass is 313 g/mol. The van der Waals surface area contributed by atoms with Crippen LogP contribution in [0.1, 0.15) is 30.7 Å². The molecule has 2 aromatic rings. The summed E-state index contributed by atoms with van der Waals surface area (Å²) in [7, 11) is 0. The lowest BCUT2D eigenvalue weighted by Crippen LogP contribution is -2.40. The van der Waals surface area contributed by atoms with Crippen LogP contribution in [-0.4, -0.2) is 28.1 Å². The lowest BCUT2D eigenvalue weighted by atomic mass is 10.1. The Hall–Kier alpha value is -2.14. The summed E-state index contributed by atoms with van der Waals surface area (Å²) in [6, 6.07) is 10.3. The van der Waals surface area contributed by atoms with Gasteiger partial charge in [0.15, 0.2) is 0 Å². The fourth-order valence-corrected chi connectivity index (χ4v) is 2.88. The van der Waals surface area contributed by atoms with E-state index in [1.165, 1.54) is 0 Å². The van der Waals surface area contributed by atoms with E-state index in [-0.39, 0.29) is 11.9 Å². The molecular formula is C18H23N3O2. The molecule has 5 heteroatoms. The Kier molecular flexibility index (Phi) is 5.42. The van der Waals surface area contributed by atoms with Gasteiger partial charge in [0.1, 0.15) is 5.82 Å². The van der Waals surface area contributed by atoms with Crippen LogP contribution in [0.4, 0.5) is 0 Å². The van der Waals surface area contributed by atoms with E-state index in [1.54, 1.807) is 0 Å². The van der Waals surface area contributed by atoms with Gasteiger partial charge in [0.25, 0.3) is 0 Å². The molecule has 0 saturated heterocycles. The van der Waals surface area contributed by atoms with E-state index < -0.39 is 0 Å². The van der Waals surface area contributed by atoms with E-state index in [4.69, 9.17) is 4.74 Å². The maximum atomic E-state index is 12.0. The van der Waals surface area contributed by atoms with Crippen LogP contribution >= 0.6 is 0 Å². The van der Waals surface area contributed by atoms with Crippen LogP contribution in [0.15, 0.2) is 42.7 Å². The minimum Gasteiger partial charge on any atom is -0.377 e. The van der Waals surface area contributed by atoms with Crippen LogP contribution < -0.4 is 5.32 Å². The van der Waals surface area contributed by atoms with Crippen molar-refractivity contribution in [2.45, 2.75) is 44.9 Å². The maximum Gasteiger partial charge on any atom is 0.220 e. The molecule has 0 saturated carbocycles. The SMILES string of the molecule is O=C(CCCOCc1ccccc1)N[C@H]1CCc2nccn2C1. The number of aryl methyl sites for hydroxylation is 1. The third-order valence-corrected chi connectivity index (χ3v) is 4.10. The van der Waals surface area contributed by atoms with Gasteiger partial charge in [-0.05, 0) is 18.4 Å². The van der Waals surface area contributed by atoms with E-state index in [0.29, 0.717) is 19.6 Å². The van der Waals surface area contributed by atoms with Crippen molar-refractivity contribution in [3.05, 3.63) is 54.1 Å². The Labute approximate surface area is 136 Å². The Morgan fingerprint density at radius 2 is 2.22 bits per heavy atom. The van der Waals surface area contributed by atoms with E-state index in [0.717, 1.165) is 37.2 Å². The number of fused-ring (bicyclic) bond motifs is 1. The number of carbonyl (C=O) groups is 1. The van der Waals surface area contributed by atoms with Gasteiger partial charge >= 0.3 is 0 Å². The van der Waals surface area contributed by atoms with Crippen LogP contribution in [0.2, 0.25) is 0 Å². The van der Waals surface area contributed by atoms with E-state index >= 15 is 0 Å². The molecule has 2 heterocycles. The zero-order valence-corrected chi connectivity index (χ0v) is 13.3. The van der Waals surface area contributed by atoms with Crippen molar-refractivity contribution in [3.8, 4) is 0 Å². The fourth-order valence-electron chi connectivity index (χ4n) is 2.88. The average molecular weight is 313 g/mol. The second kappa shape index (κ2) is 7.92. The summed E-state index contributed by atoms with van der Waals surface area (Å²) in [5.41, 5.74) is 1.16. The van der Waals surface area contributed by atoms with E-state index in [2.05, 4.69) is 14.9 Å². The Balaban J connectivity index is 1.30. The van der Waals surface area contributed by atoms with Crippen LogP contribution in [0.25, 0.3) is 0 Å². The summed E-state index contributed by atoms with van der Waals surface area (Å²) in [4.78, 5) is 16.3. The summed E-state index contributed by atoms with van der Waals surface area (Å²) >= 11 is 0. The molecule has 0 fully saturated rings. The first-order chi connectivity index (χ1) is 11.3. The molecule has 5 nitrogen and oxygen atoms in total. The minimum absolute atomic E-state index is 0.113. The van der Waals surface area contributed by atoms with Crippen molar-refractivity contribution < 1.29 is 9.53 Å². The zero-order chi connectivity index (χ0) is 15.9. The topological polar surface area (TPSA) is 56.1 Å². The van der Waals surface area contributed by atoms with Crippen LogP contribution in [0.3, 0.4) is 0 Å². The lowest BCUT2D eigenvalue weighted by Gasteiger charge is -2.24. The Bertz CT molecular complexity index is 624. The second-order valence-corrected chi connectivity index (χ2v) is 5.94. The molecule has 3 rings (SSSR count). The molecule has 1 atom stereocenters. The van der Waals surface area contributed by atoms with Crippen molar-refractivity contribution in [3.63, 3.8) is 0 Å². The minimum atomic E-state index is 0.113. The van der Waals surface area contributed by atoms with Gasteiger partial charge in [0.2, 0.25) is 5.91 Å². The molecule has 0 spiro atoms. The highest BCUT2D eigenvalue weighted by Gasteiger charge is 2.19. The quantitative estimate of drug-likeness (QED) is 0.798. The molecule has 0 bridgehead atoms. The number of benzene rings is 1. The first-order valence-corrected chi connectivity index (χ1v) is 8.22. The number of hydrogen-bond acceptors (Lipinski definition) is 3. The van der Waals surface area contributed by atoms with Crippen LogP contribution in [-0.2, 0) is 29.1 Å². The average Bonchev–Trinajstić information content (AvgIpc) is 3.03. The van der Waals surface area contributed by atoms with Crippen LogP contribution in [0.5, 0.6) is 0 Å². The highest BCUT2D eigenvalue weighted by atomic mass is 16.5. The predicted molar refractivity (Wildman–Crippen MR) is 87.8 cm³/mol. The van der Waals surface area contributed by atoms with Crippen molar-refractivity contribution in [2.24, 2.45) is 0 Å². The van der Waals surface area contributed by atoms with E-state index in [9.17, 15) is 4.79 Å². The number of nitrogens with one attached hydrogen (secondary N) is 1. The largest absolute Gasteiger partial charge is 0.377 e. The van der Waals surface area contributed by atoms with Gasteiger partial charge in [-0.2, -0.15) is 0 Å². The van der Waals surface area contributed by atoms with Crippen molar-refractivity contribution >= 4 is 5.91 Å². The van der Waals surface area contributed by atoms with Gasteiger partial charge in [0, 0.05) is 44.4 Å². The molecule has 1 aromatic carbocycles. The van der Waals surface area contributed by atoms with Crippen molar-refractivity contribution in [1.29, 1.82) is 0 Å². The number of amides is 1. The lowest BCUT2D eigenvalue weighted by molar-refractivity contribution is -0.122. The Morgan fingerprint density at radius 1 is 1.35 bits per heavy atom. The van der Waals surface area contributed by atoms with Crippen molar-refractivity contribution in [2.75, 3.05) is 6.61 Å². The molecule has 122 valence electrons. The van der Waals surface area contributed by atoms with Gasteiger partial charge in [-0.1, -0.05) is 30.3 Å². The van der Waals surface area contributed by atoms with Crippen LogP contribution in [0, 0.1) is 0 Å². The van der Waals surface area contributed by atoms with Crippen molar-refractivity contribution in [1.82, 2.24) is 14.9 Å². The fraction of sp³-hybridized carbons (Fsp3) is 0.444. The molecule has 0 unspecified atom stereocenters. The van der Waals surface area contributed by atoms with Gasteiger partial charge in [0.05, 0.1) is 6.61 Å². The highest BCUT2D eigenvalue weighted by Crippen LogP contribution is 2.13. The number of ether oxygens (including phenoxy) is 1. The molecule has 0 aliphatic carbocycles. The summed E-state index contributed by atoms with van der Waals surface area (Å²) in [5.74, 6) is 1.23. The summed E-state index contributed by atoms with van der Waals surface area (Å²) in [5, 5.41) is 3.12. The summed E-state index contributed by atoms with van der Waals surface area (Å²) in [6.07, 6.45) is 6.96. The normalized spacial score (nSPS) is 16.8. The third-order valence-electron chi connectivity index (χ3n) is 4.10. The highest BCUT2D eigenvalue weighted by molar-refractivity contribution is 5.76. The second-order valence-electron chi connectivity index (χ2n) is 5.94. The molecule has 23 heavy (non-hydrogen) atoms. The molecule has 1 aliphatic rings. The Morgan fingerprint density at radius 3 is 3.09 bits per heavy atom. The van der Waals surface area contributed by atoms with Gasteiger partial charge < -0.3 is 14.6 Å². The molecule has 0 radical (unpaired) electrons. The smallest absolute Gasteiger partial charge is 0.220 e. The summed E-state index contributed by atoms with van der Waals surface area (Å²) < 4.78 is 7.73. The van der Waals surface area contributed by atoms with Gasteiger partial charge in [-0.3, -0.25) is 4.79 Å². The molecule has 1 aliphatic heterocycles. The maximum absolute atomic E-state index is 12.0. The zero-order valence-electron chi connectivity index (χ0n) is 13.3. The summed E-state index contributed by atoms with van der Waals surface area (Å²) in [6.45, 7) is 2.04. The third kappa shape index (κ3) is 4.66. The molecule has 1 amide bonds. The number of hydrogen-bond donors (Lipinski definition) is 1. The number of carbonyl (C=O) groups excluding carboxylic acids is 1. The first-order valence-electron chi connectivity index (χ1n) is 8.22. The van der Waals surface area contributed by atoms with E-state index in [1.807, 2.05) is 42.7 Å². The number of rotatable bonds is 7. The molecule has 1 aromatic heterocycles. The number of imidazole rings is 1. The van der Waals surface area contributed by atoms with Gasteiger partial charge in [-0.15, -0.1) is 0 Å². The first kappa shape index (κ1) is 15.7.